The Kier molecular flexibility index (Phi) is 4.93. The van der Waals surface area contributed by atoms with Crippen molar-refractivity contribution in [1.82, 2.24) is 4.72 Å². The Morgan fingerprint density at radius 3 is 2.33 bits per heavy atom. The van der Waals surface area contributed by atoms with Crippen LogP contribution >= 0.6 is 15.9 Å². The highest BCUT2D eigenvalue weighted by molar-refractivity contribution is 9.10. The highest BCUT2D eigenvalue weighted by atomic mass is 79.9. The van der Waals surface area contributed by atoms with Crippen molar-refractivity contribution in [3.8, 4) is 0 Å². The Morgan fingerprint density at radius 2 is 1.83 bits per heavy atom. The van der Waals surface area contributed by atoms with E-state index in [0.717, 1.165) is 16.3 Å². The lowest BCUT2D eigenvalue weighted by Gasteiger charge is -2.07. The smallest absolute Gasteiger partial charge is 0.229 e. The summed E-state index contributed by atoms with van der Waals surface area (Å²) in [5.41, 5.74) is 0.793. The van der Waals surface area contributed by atoms with Crippen molar-refractivity contribution in [2.75, 3.05) is 18.6 Å². The van der Waals surface area contributed by atoms with Crippen molar-refractivity contribution in [2.24, 2.45) is 0 Å². The number of sulfone groups is 1. The maximum Gasteiger partial charge on any atom is 0.240 e. The molecular weight excluding hydrogens is 342 g/mol. The topological polar surface area (TPSA) is 80.3 Å². The van der Waals surface area contributed by atoms with Crippen molar-refractivity contribution < 1.29 is 16.8 Å². The first-order valence-electron chi connectivity index (χ1n) is 5.05. The highest BCUT2D eigenvalue weighted by Gasteiger charge is 2.15. The number of halogens is 1. The molecule has 0 fully saturated rings. The monoisotopic (exact) mass is 355 g/mol. The summed E-state index contributed by atoms with van der Waals surface area (Å²) in [6.45, 7) is 1.65. The number of hydrogen-bond donors (Lipinski definition) is 1. The second-order valence-electron chi connectivity index (χ2n) is 3.94. The molecule has 0 saturated heterocycles. The second-order valence-corrected chi connectivity index (χ2v) is 8.82. The van der Waals surface area contributed by atoms with E-state index in [1.807, 2.05) is 0 Å². The zero-order chi connectivity index (χ0) is 14.0. The quantitative estimate of drug-likeness (QED) is 0.856. The first kappa shape index (κ1) is 15.6. The van der Waals surface area contributed by atoms with Crippen molar-refractivity contribution in [1.29, 1.82) is 0 Å². The van der Waals surface area contributed by atoms with Crippen molar-refractivity contribution in [3.63, 3.8) is 0 Å². The van der Waals surface area contributed by atoms with Crippen LogP contribution in [0, 0.1) is 6.92 Å². The van der Waals surface area contributed by atoms with Gasteiger partial charge in [0.15, 0.2) is 0 Å². The summed E-state index contributed by atoms with van der Waals surface area (Å²) >= 11 is 3.28. The van der Waals surface area contributed by atoms with Crippen LogP contribution in [0.15, 0.2) is 27.6 Å². The van der Waals surface area contributed by atoms with E-state index in [9.17, 15) is 16.8 Å². The Morgan fingerprint density at radius 1 is 1.22 bits per heavy atom. The van der Waals surface area contributed by atoms with Gasteiger partial charge in [-0.1, -0.05) is 15.9 Å². The Balaban J connectivity index is 2.84. The van der Waals surface area contributed by atoms with Crippen molar-refractivity contribution in [3.05, 3.63) is 28.2 Å². The van der Waals surface area contributed by atoms with Crippen LogP contribution in [0.2, 0.25) is 0 Å². The molecule has 0 radical (unpaired) electrons. The van der Waals surface area contributed by atoms with Crippen LogP contribution in [0.25, 0.3) is 0 Å². The van der Waals surface area contributed by atoms with Gasteiger partial charge in [0.25, 0.3) is 0 Å². The fraction of sp³-hybridized carbons (Fsp3) is 0.400. The Hall–Kier alpha value is -0.440. The minimum absolute atomic E-state index is 0.122. The standard InChI is InChI=1S/C10H14BrNO4S2/c1-8-7-9(3-4-10(8)11)18(15,16)12-5-6-17(2,13)14/h3-4,7,12H,5-6H2,1-2H3. The first-order valence-corrected chi connectivity index (χ1v) is 9.39. The molecule has 1 N–H and O–H groups in total. The number of hydrogen-bond acceptors (Lipinski definition) is 4. The predicted octanol–water partition coefficient (Wildman–Crippen LogP) is 1.08. The molecule has 5 nitrogen and oxygen atoms in total. The lowest BCUT2D eigenvalue weighted by molar-refractivity contribution is 0.582. The van der Waals surface area contributed by atoms with Gasteiger partial charge in [-0.25, -0.2) is 21.6 Å². The fourth-order valence-corrected chi connectivity index (χ4v) is 3.19. The average molecular weight is 356 g/mol. The van der Waals surface area contributed by atoms with Crippen LogP contribution in [0.3, 0.4) is 0 Å². The zero-order valence-corrected chi connectivity index (χ0v) is 13.2. The third kappa shape index (κ3) is 4.68. The molecule has 18 heavy (non-hydrogen) atoms. The molecule has 0 aliphatic carbocycles. The van der Waals surface area contributed by atoms with Gasteiger partial charge in [0.1, 0.15) is 9.84 Å². The molecule has 102 valence electrons. The molecule has 0 aromatic heterocycles. The largest absolute Gasteiger partial charge is 0.240 e. The van der Waals surface area contributed by atoms with Gasteiger partial charge >= 0.3 is 0 Å². The van der Waals surface area contributed by atoms with Crippen LogP contribution in [-0.2, 0) is 19.9 Å². The molecule has 1 aromatic carbocycles. The Labute approximate surface area is 116 Å². The number of nitrogens with one attached hydrogen (secondary N) is 1. The van der Waals surface area contributed by atoms with E-state index in [4.69, 9.17) is 0 Å². The van der Waals surface area contributed by atoms with E-state index >= 15 is 0 Å². The molecule has 0 aliphatic rings. The van der Waals surface area contributed by atoms with Crippen LogP contribution in [0.5, 0.6) is 0 Å². The number of sulfonamides is 1. The molecule has 0 amide bonds. The third-order valence-electron chi connectivity index (χ3n) is 2.20. The highest BCUT2D eigenvalue weighted by Crippen LogP contribution is 2.19. The van der Waals surface area contributed by atoms with E-state index in [-0.39, 0.29) is 17.2 Å². The summed E-state index contributed by atoms with van der Waals surface area (Å²) < 4.78 is 48.6. The van der Waals surface area contributed by atoms with E-state index in [0.29, 0.717) is 0 Å². The van der Waals surface area contributed by atoms with Gasteiger partial charge in [0.2, 0.25) is 10.0 Å². The SMILES string of the molecule is Cc1cc(S(=O)(=O)NCCS(C)(=O)=O)ccc1Br. The van der Waals surface area contributed by atoms with Gasteiger partial charge < -0.3 is 0 Å². The van der Waals surface area contributed by atoms with E-state index in [1.165, 1.54) is 12.1 Å². The van der Waals surface area contributed by atoms with E-state index in [2.05, 4.69) is 20.7 Å². The summed E-state index contributed by atoms with van der Waals surface area (Å²) in [6.07, 6.45) is 1.06. The summed E-state index contributed by atoms with van der Waals surface area (Å²) in [5, 5.41) is 0. The van der Waals surface area contributed by atoms with Gasteiger partial charge in [-0.2, -0.15) is 0 Å². The van der Waals surface area contributed by atoms with Gasteiger partial charge in [-0.05, 0) is 30.7 Å². The molecule has 0 bridgehead atoms. The summed E-state index contributed by atoms with van der Waals surface area (Å²) in [5.74, 6) is -0.220. The summed E-state index contributed by atoms with van der Waals surface area (Å²) in [4.78, 5) is 0.122. The molecule has 0 spiro atoms. The maximum atomic E-state index is 11.9. The van der Waals surface area contributed by atoms with Crippen molar-refractivity contribution >= 4 is 35.8 Å². The van der Waals surface area contributed by atoms with E-state index in [1.54, 1.807) is 13.0 Å². The van der Waals surface area contributed by atoms with Gasteiger partial charge in [-0.3, -0.25) is 0 Å². The van der Waals surface area contributed by atoms with Gasteiger partial charge in [0.05, 0.1) is 10.6 Å². The van der Waals surface area contributed by atoms with Gasteiger partial charge in [0, 0.05) is 17.3 Å². The summed E-state index contributed by atoms with van der Waals surface area (Å²) in [7, 11) is -6.84. The molecule has 1 aromatic rings. The molecule has 0 saturated carbocycles. The minimum Gasteiger partial charge on any atom is -0.229 e. The normalized spacial score (nSPS) is 12.6. The second kappa shape index (κ2) is 5.68. The molecule has 0 unspecified atom stereocenters. The first-order chi connectivity index (χ1) is 8.12. The van der Waals surface area contributed by atoms with E-state index < -0.39 is 19.9 Å². The molecule has 0 atom stereocenters. The molecule has 0 heterocycles. The predicted molar refractivity (Wildman–Crippen MR) is 73.8 cm³/mol. The zero-order valence-electron chi connectivity index (χ0n) is 9.97. The van der Waals surface area contributed by atoms with Crippen LogP contribution < -0.4 is 4.72 Å². The molecule has 8 heteroatoms. The van der Waals surface area contributed by atoms with Crippen molar-refractivity contribution in [2.45, 2.75) is 11.8 Å². The lowest BCUT2D eigenvalue weighted by Crippen LogP contribution is -2.29. The summed E-state index contributed by atoms with van der Waals surface area (Å²) in [6, 6.07) is 4.62. The maximum absolute atomic E-state index is 11.9. The fourth-order valence-electron chi connectivity index (χ4n) is 1.23. The third-order valence-corrected chi connectivity index (χ3v) is 5.50. The Bertz CT molecular complexity index is 638. The molecule has 0 aliphatic heterocycles. The molecule has 1 rings (SSSR count). The van der Waals surface area contributed by atoms with Gasteiger partial charge in [-0.15, -0.1) is 0 Å². The number of rotatable bonds is 5. The average Bonchev–Trinajstić information content (AvgIpc) is 2.19. The van der Waals surface area contributed by atoms with Crippen LogP contribution in [0.4, 0.5) is 0 Å². The number of benzene rings is 1. The lowest BCUT2D eigenvalue weighted by atomic mass is 10.2. The molecular formula is C10H14BrNO4S2. The van der Waals surface area contributed by atoms with Crippen LogP contribution in [-0.4, -0.2) is 35.4 Å². The number of aryl methyl sites for hydroxylation is 1. The minimum atomic E-state index is -3.66. The van der Waals surface area contributed by atoms with Crippen LogP contribution in [0.1, 0.15) is 5.56 Å².